The molecule has 0 aliphatic carbocycles. The van der Waals surface area contributed by atoms with Gasteiger partial charge in [0, 0.05) is 55.8 Å². The van der Waals surface area contributed by atoms with Crippen LogP contribution >= 0.6 is 15.9 Å². The second-order valence-corrected chi connectivity index (χ2v) is 10.2. The van der Waals surface area contributed by atoms with Gasteiger partial charge in [-0.2, -0.15) is 0 Å². The van der Waals surface area contributed by atoms with E-state index in [2.05, 4.69) is 15.9 Å². The molecule has 2 aromatic carbocycles. The molecule has 0 aromatic heterocycles. The minimum Gasteiger partial charge on any atom is -0.490 e. The molecular weight excluding hydrogens is 499 g/mol. The smallest absolute Gasteiger partial charge is 0.223 e. The lowest BCUT2D eigenvalue weighted by Gasteiger charge is -2.39. The topological polar surface area (TPSA) is 49.9 Å². The standard InChI is InChI=1S/C27H32BrFN2O3/c28-22-8-6-9-23(18-22)34-25-13-16-31(26(32)12-11-20-7-2-3-10-24(20)29)19-21(25)17-27(33)30-14-4-1-5-15-30/h2-3,6-10,18,21,25H,1,4-5,11-17,19H2/t21-,25-/m0/s1. The summed E-state index contributed by atoms with van der Waals surface area (Å²) < 4.78 is 21.2. The summed E-state index contributed by atoms with van der Waals surface area (Å²) in [5, 5.41) is 0. The van der Waals surface area contributed by atoms with Crippen molar-refractivity contribution in [3.05, 3.63) is 64.4 Å². The number of amides is 2. The first-order valence-electron chi connectivity index (χ1n) is 12.2. The Labute approximate surface area is 209 Å². The van der Waals surface area contributed by atoms with Gasteiger partial charge in [-0.25, -0.2) is 4.39 Å². The highest BCUT2D eigenvalue weighted by atomic mass is 79.9. The molecular formula is C27H32BrFN2O3. The summed E-state index contributed by atoms with van der Waals surface area (Å²) in [5.41, 5.74) is 0.556. The Balaban J connectivity index is 1.42. The van der Waals surface area contributed by atoms with Crippen molar-refractivity contribution in [1.82, 2.24) is 9.80 Å². The summed E-state index contributed by atoms with van der Waals surface area (Å²) in [6, 6.07) is 14.3. The lowest BCUT2D eigenvalue weighted by molar-refractivity contribution is -0.139. The normalized spacial score (nSPS) is 20.8. The van der Waals surface area contributed by atoms with Gasteiger partial charge in [-0.15, -0.1) is 0 Å². The molecule has 0 spiro atoms. The van der Waals surface area contributed by atoms with Gasteiger partial charge in [0.05, 0.1) is 0 Å². The fourth-order valence-corrected chi connectivity index (χ4v) is 5.28. The molecule has 2 aromatic rings. The van der Waals surface area contributed by atoms with E-state index in [1.54, 1.807) is 18.2 Å². The average molecular weight is 531 g/mol. The highest BCUT2D eigenvalue weighted by Crippen LogP contribution is 2.29. The van der Waals surface area contributed by atoms with Crippen LogP contribution in [0.5, 0.6) is 5.75 Å². The predicted molar refractivity (Wildman–Crippen MR) is 133 cm³/mol. The minimum absolute atomic E-state index is 0.000389. The van der Waals surface area contributed by atoms with Gasteiger partial charge in [0.15, 0.2) is 0 Å². The van der Waals surface area contributed by atoms with E-state index in [0.717, 1.165) is 36.2 Å². The van der Waals surface area contributed by atoms with Gasteiger partial charge in [0.1, 0.15) is 17.7 Å². The molecule has 0 radical (unpaired) electrons. The number of carbonyl (C=O) groups is 2. The zero-order chi connectivity index (χ0) is 23.9. The number of rotatable bonds is 7. The molecule has 2 aliphatic heterocycles. The maximum atomic E-state index is 14.0. The number of carbonyl (C=O) groups excluding carboxylic acids is 2. The van der Waals surface area contributed by atoms with Crippen LogP contribution in [0, 0.1) is 11.7 Å². The summed E-state index contributed by atoms with van der Waals surface area (Å²) in [4.78, 5) is 29.8. The second kappa shape index (κ2) is 11.8. The number of halogens is 2. The average Bonchev–Trinajstić information content (AvgIpc) is 2.85. The Bertz CT molecular complexity index is 995. The van der Waals surface area contributed by atoms with Crippen molar-refractivity contribution in [3.63, 3.8) is 0 Å². The first-order chi connectivity index (χ1) is 16.5. The highest BCUT2D eigenvalue weighted by Gasteiger charge is 2.35. The van der Waals surface area contributed by atoms with Gasteiger partial charge in [-0.05, 0) is 55.5 Å². The molecule has 34 heavy (non-hydrogen) atoms. The Morgan fingerprint density at radius 3 is 2.53 bits per heavy atom. The zero-order valence-corrected chi connectivity index (χ0v) is 21.0. The van der Waals surface area contributed by atoms with Crippen LogP contribution < -0.4 is 4.74 Å². The number of likely N-dealkylation sites (tertiary alicyclic amines) is 2. The van der Waals surface area contributed by atoms with Gasteiger partial charge in [0.25, 0.3) is 0 Å². The summed E-state index contributed by atoms with van der Waals surface area (Å²) in [5.74, 6) is 0.544. The summed E-state index contributed by atoms with van der Waals surface area (Å²) in [7, 11) is 0. The summed E-state index contributed by atoms with van der Waals surface area (Å²) in [6.45, 7) is 2.68. The fourth-order valence-electron chi connectivity index (χ4n) is 4.90. The zero-order valence-electron chi connectivity index (χ0n) is 19.4. The number of nitrogens with zero attached hydrogens (tertiary/aromatic N) is 2. The van der Waals surface area contributed by atoms with Gasteiger partial charge >= 0.3 is 0 Å². The SMILES string of the molecule is O=C(C[C@H]1CN(C(=O)CCc2ccccc2F)CC[C@@H]1Oc1cccc(Br)c1)N1CCCCC1. The Hall–Kier alpha value is -2.41. The van der Waals surface area contributed by atoms with E-state index < -0.39 is 0 Å². The lowest BCUT2D eigenvalue weighted by Crippen LogP contribution is -2.50. The maximum absolute atomic E-state index is 14.0. The maximum Gasteiger partial charge on any atom is 0.223 e. The van der Waals surface area contributed by atoms with E-state index in [1.165, 1.54) is 12.5 Å². The van der Waals surface area contributed by atoms with Crippen LogP contribution in [0.1, 0.15) is 44.1 Å². The fraction of sp³-hybridized carbons (Fsp3) is 0.481. The second-order valence-electron chi connectivity index (χ2n) is 9.24. The molecule has 2 amide bonds. The molecule has 0 unspecified atom stereocenters. The molecule has 2 atom stereocenters. The molecule has 182 valence electrons. The molecule has 2 saturated heterocycles. The van der Waals surface area contributed by atoms with Crippen molar-refractivity contribution in [2.75, 3.05) is 26.2 Å². The summed E-state index contributed by atoms with van der Waals surface area (Å²) in [6.07, 6.45) is 4.79. The van der Waals surface area contributed by atoms with Crippen molar-refractivity contribution < 1.29 is 18.7 Å². The Morgan fingerprint density at radius 1 is 0.971 bits per heavy atom. The van der Waals surface area contributed by atoms with Crippen LogP contribution in [0.3, 0.4) is 0 Å². The molecule has 5 nitrogen and oxygen atoms in total. The molecule has 2 heterocycles. The van der Waals surface area contributed by atoms with Crippen molar-refractivity contribution in [3.8, 4) is 5.75 Å². The lowest BCUT2D eigenvalue weighted by atomic mass is 9.90. The number of aryl methyl sites for hydroxylation is 1. The molecule has 4 rings (SSSR count). The quantitative estimate of drug-likeness (QED) is 0.493. The first kappa shape index (κ1) is 24.7. The van der Waals surface area contributed by atoms with E-state index in [9.17, 15) is 14.0 Å². The molecule has 2 aliphatic rings. The first-order valence-corrected chi connectivity index (χ1v) is 13.0. The van der Waals surface area contributed by atoms with Crippen molar-refractivity contribution in [2.24, 2.45) is 5.92 Å². The number of hydrogen-bond acceptors (Lipinski definition) is 3. The number of piperidine rings is 2. The van der Waals surface area contributed by atoms with Crippen LogP contribution in [0.15, 0.2) is 53.0 Å². The van der Waals surface area contributed by atoms with Gasteiger partial charge in [-0.3, -0.25) is 9.59 Å². The molecule has 0 bridgehead atoms. The highest BCUT2D eigenvalue weighted by molar-refractivity contribution is 9.10. The number of ether oxygens (including phenoxy) is 1. The Morgan fingerprint density at radius 2 is 1.76 bits per heavy atom. The largest absolute Gasteiger partial charge is 0.490 e. The number of hydrogen-bond donors (Lipinski definition) is 0. The van der Waals surface area contributed by atoms with Crippen LogP contribution in [-0.2, 0) is 16.0 Å². The van der Waals surface area contributed by atoms with Gasteiger partial charge in [0.2, 0.25) is 11.8 Å². The molecule has 2 fully saturated rings. The van der Waals surface area contributed by atoms with E-state index in [0.29, 0.717) is 37.9 Å². The van der Waals surface area contributed by atoms with Crippen LogP contribution in [0.2, 0.25) is 0 Å². The van der Waals surface area contributed by atoms with Crippen molar-refractivity contribution in [2.45, 2.75) is 51.0 Å². The third-order valence-electron chi connectivity index (χ3n) is 6.81. The van der Waals surface area contributed by atoms with Crippen molar-refractivity contribution in [1.29, 1.82) is 0 Å². The van der Waals surface area contributed by atoms with Crippen LogP contribution in [-0.4, -0.2) is 53.9 Å². The van der Waals surface area contributed by atoms with E-state index in [1.807, 2.05) is 34.1 Å². The monoisotopic (exact) mass is 530 g/mol. The van der Waals surface area contributed by atoms with E-state index in [-0.39, 0.29) is 36.1 Å². The Kier molecular flexibility index (Phi) is 8.59. The van der Waals surface area contributed by atoms with Crippen molar-refractivity contribution >= 4 is 27.7 Å². The van der Waals surface area contributed by atoms with Gasteiger partial charge in [-0.1, -0.05) is 40.2 Å². The van der Waals surface area contributed by atoms with E-state index in [4.69, 9.17) is 4.74 Å². The summed E-state index contributed by atoms with van der Waals surface area (Å²) >= 11 is 3.48. The van der Waals surface area contributed by atoms with E-state index >= 15 is 0 Å². The van der Waals surface area contributed by atoms with Crippen LogP contribution in [0.25, 0.3) is 0 Å². The van der Waals surface area contributed by atoms with Crippen LogP contribution in [0.4, 0.5) is 4.39 Å². The predicted octanol–water partition coefficient (Wildman–Crippen LogP) is 5.22. The minimum atomic E-state index is -0.276. The third kappa shape index (κ3) is 6.59. The third-order valence-corrected chi connectivity index (χ3v) is 7.31. The molecule has 0 saturated carbocycles. The molecule has 7 heteroatoms. The molecule has 0 N–H and O–H groups in total. The van der Waals surface area contributed by atoms with Gasteiger partial charge < -0.3 is 14.5 Å². The number of benzene rings is 2.